The lowest BCUT2D eigenvalue weighted by atomic mass is 9.81. The summed E-state index contributed by atoms with van der Waals surface area (Å²) in [5.41, 5.74) is 7.91. The standard InChI is InChI=1S/C27H27Cl2N5O3/c1-3-22(17-6-4-7-18(28)14-17)32-27(37)34-24(26(36)33(2)20-9-5-8-19(29)15-20)21(25(34)35)12-16-10-11-31-23(30)13-16/h4-11,13-15,21-22,24H,3,12H2,1-2H3,(H2,30,31)(H,32,37)/t21-,22-,24+/m1/s1. The molecule has 1 aromatic heterocycles. The van der Waals surface area contributed by atoms with Crippen LogP contribution in [0, 0.1) is 5.92 Å². The molecule has 0 unspecified atom stereocenters. The van der Waals surface area contributed by atoms with Crippen LogP contribution in [0.2, 0.25) is 10.0 Å². The van der Waals surface area contributed by atoms with Crippen molar-refractivity contribution in [3.8, 4) is 0 Å². The Morgan fingerprint density at radius 1 is 1.11 bits per heavy atom. The molecule has 4 amide bonds. The zero-order valence-corrected chi connectivity index (χ0v) is 21.9. The molecule has 0 spiro atoms. The molecule has 192 valence electrons. The van der Waals surface area contributed by atoms with Crippen LogP contribution in [0.5, 0.6) is 0 Å². The molecule has 0 saturated carbocycles. The molecule has 3 aromatic rings. The van der Waals surface area contributed by atoms with Crippen molar-refractivity contribution in [3.63, 3.8) is 0 Å². The number of hydrogen-bond acceptors (Lipinski definition) is 5. The number of halogens is 2. The van der Waals surface area contributed by atoms with E-state index in [2.05, 4.69) is 10.3 Å². The van der Waals surface area contributed by atoms with Crippen molar-refractivity contribution in [1.82, 2.24) is 15.2 Å². The number of benzene rings is 2. The summed E-state index contributed by atoms with van der Waals surface area (Å²) in [5.74, 6) is -1.27. The number of imide groups is 1. The third-order valence-electron chi connectivity index (χ3n) is 6.47. The number of nitrogens with two attached hydrogens (primary N) is 1. The van der Waals surface area contributed by atoms with E-state index in [-0.39, 0.29) is 12.5 Å². The number of hydrogen-bond donors (Lipinski definition) is 2. The molecule has 1 saturated heterocycles. The smallest absolute Gasteiger partial charge is 0.325 e. The van der Waals surface area contributed by atoms with Gasteiger partial charge in [0.1, 0.15) is 11.9 Å². The fraction of sp³-hybridized carbons (Fsp3) is 0.259. The fourth-order valence-corrected chi connectivity index (χ4v) is 4.89. The summed E-state index contributed by atoms with van der Waals surface area (Å²) >= 11 is 12.3. The summed E-state index contributed by atoms with van der Waals surface area (Å²) in [6.45, 7) is 1.91. The lowest BCUT2D eigenvalue weighted by Crippen LogP contribution is -2.70. The van der Waals surface area contributed by atoms with Crippen molar-refractivity contribution >= 4 is 52.6 Å². The number of carbonyl (C=O) groups is 3. The van der Waals surface area contributed by atoms with Crippen molar-refractivity contribution in [2.75, 3.05) is 17.7 Å². The average Bonchev–Trinajstić information content (AvgIpc) is 2.87. The third kappa shape index (κ3) is 5.70. The third-order valence-corrected chi connectivity index (χ3v) is 6.94. The van der Waals surface area contributed by atoms with E-state index in [9.17, 15) is 14.4 Å². The van der Waals surface area contributed by atoms with Gasteiger partial charge in [0.2, 0.25) is 5.91 Å². The number of likely N-dealkylation sites (N-methyl/N-ethyl adjacent to an activating group) is 1. The fourth-order valence-electron chi connectivity index (χ4n) is 4.51. The van der Waals surface area contributed by atoms with Crippen molar-refractivity contribution < 1.29 is 14.4 Å². The second-order valence-corrected chi connectivity index (χ2v) is 9.77. The Hall–Kier alpha value is -3.62. The molecular weight excluding hydrogens is 513 g/mol. The van der Waals surface area contributed by atoms with E-state index >= 15 is 0 Å². The highest BCUT2D eigenvalue weighted by Gasteiger charge is 2.55. The first-order chi connectivity index (χ1) is 17.7. The first-order valence-corrected chi connectivity index (χ1v) is 12.6. The Morgan fingerprint density at radius 3 is 2.46 bits per heavy atom. The number of likely N-dealkylation sites (tertiary alicyclic amines) is 1. The van der Waals surface area contributed by atoms with Crippen LogP contribution in [-0.4, -0.2) is 40.8 Å². The van der Waals surface area contributed by atoms with Crippen molar-refractivity contribution in [2.45, 2.75) is 31.8 Å². The van der Waals surface area contributed by atoms with Crippen molar-refractivity contribution in [2.24, 2.45) is 5.92 Å². The van der Waals surface area contributed by atoms with Gasteiger partial charge in [-0.25, -0.2) is 9.78 Å². The Morgan fingerprint density at radius 2 is 1.81 bits per heavy atom. The molecule has 3 atom stereocenters. The number of anilines is 2. The highest BCUT2D eigenvalue weighted by Crippen LogP contribution is 2.34. The minimum atomic E-state index is -1.01. The van der Waals surface area contributed by atoms with Gasteiger partial charge in [-0.2, -0.15) is 0 Å². The summed E-state index contributed by atoms with van der Waals surface area (Å²) in [6, 6.07) is 15.3. The zero-order valence-electron chi connectivity index (χ0n) is 20.4. The summed E-state index contributed by atoms with van der Waals surface area (Å²) in [4.78, 5) is 46.8. The number of nitrogens with zero attached hydrogens (tertiary/aromatic N) is 3. The Balaban J connectivity index is 1.61. The monoisotopic (exact) mass is 539 g/mol. The normalized spacial score (nSPS) is 17.6. The largest absolute Gasteiger partial charge is 0.384 e. The molecule has 1 aliphatic rings. The van der Waals surface area contributed by atoms with Crippen LogP contribution in [-0.2, 0) is 16.0 Å². The number of nitrogens with one attached hydrogen (secondary N) is 1. The average molecular weight is 540 g/mol. The molecule has 3 N–H and O–H groups in total. The zero-order chi connectivity index (χ0) is 26.7. The maximum absolute atomic E-state index is 13.7. The molecule has 1 aliphatic heterocycles. The van der Waals surface area contributed by atoms with Gasteiger partial charge in [0.15, 0.2) is 0 Å². The number of carbonyl (C=O) groups excluding carboxylic acids is 3. The highest BCUT2D eigenvalue weighted by molar-refractivity contribution is 6.31. The van der Waals surface area contributed by atoms with Crippen LogP contribution < -0.4 is 16.0 Å². The van der Waals surface area contributed by atoms with Crippen LogP contribution in [0.25, 0.3) is 0 Å². The lowest BCUT2D eigenvalue weighted by molar-refractivity contribution is -0.156. The summed E-state index contributed by atoms with van der Waals surface area (Å²) in [5, 5.41) is 3.90. The molecule has 0 aliphatic carbocycles. The number of nitrogen functional groups attached to an aromatic ring is 1. The second-order valence-electron chi connectivity index (χ2n) is 8.90. The van der Waals surface area contributed by atoms with Gasteiger partial charge in [0.05, 0.1) is 12.0 Å². The van der Waals surface area contributed by atoms with Gasteiger partial charge in [-0.3, -0.25) is 14.5 Å². The van der Waals surface area contributed by atoms with E-state index < -0.39 is 29.8 Å². The molecule has 8 nitrogen and oxygen atoms in total. The van der Waals surface area contributed by atoms with Crippen LogP contribution >= 0.6 is 23.2 Å². The van der Waals surface area contributed by atoms with E-state index in [4.69, 9.17) is 28.9 Å². The van der Waals surface area contributed by atoms with E-state index in [0.717, 1.165) is 16.0 Å². The van der Waals surface area contributed by atoms with E-state index in [0.29, 0.717) is 28.0 Å². The van der Waals surface area contributed by atoms with Crippen LogP contribution in [0.1, 0.15) is 30.5 Å². The first kappa shape index (κ1) is 26.4. The minimum absolute atomic E-state index is 0.237. The van der Waals surface area contributed by atoms with Gasteiger partial charge in [0, 0.05) is 29.0 Å². The van der Waals surface area contributed by atoms with Crippen LogP contribution in [0.15, 0.2) is 66.9 Å². The minimum Gasteiger partial charge on any atom is -0.384 e. The second kappa shape index (κ2) is 11.2. The SMILES string of the molecule is CC[C@@H](NC(=O)N1C(=O)[C@H](Cc2ccnc(N)c2)[C@H]1C(=O)N(C)c1cccc(Cl)c1)c1cccc(Cl)c1. The molecular formula is C27H27Cl2N5O3. The van der Waals surface area contributed by atoms with Gasteiger partial charge in [0.25, 0.3) is 5.91 Å². The van der Waals surface area contributed by atoms with Crippen LogP contribution in [0.3, 0.4) is 0 Å². The number of β-lactam (4-membered cyclic amide) rings is 1. The van der Waals surface area contributed by atoms with Crippen molar-refractivity contribution in [3.05, 3.63) is 88.0 Å². The molecule has 37 heavy (non-hydrogen) atoms. The lowest BCUT2D eigenvalue weighted by Gasteiger charge is -2.46. The first-order valence-electron chi connectivity index (χ1n) is 11.8. The van der Waals surface area contributed by atoms with Gasteiger partial charge in [-0.1, -0.05) is 48.3 Å². The van der Waals surface area contributed by atoms with Crippen molar-refractivity contribution in [1.29, 1.82) is 0 Å². The summed E-state index contributed by atoms with van der Waals surface area (Å²) in [6.07, 6.45) is 2.35. The Kier molecular flexibility index (Phi) is 8.00. The number of rotatable bonds is 7. The summed E-state index contributed by atoms with van der Waals surface area (Å²) in [7, 11) is 1.59. The van der Waals surface area contributed by atoms with E-state index in [1.54, 1.807) is 67.8 Å². The summed E-state index contributed by atoms with van der Waals surface area (Å²) < 4.78 is 0. The maximum Gasteiger partial charge on any atom is 0.325 e. The number of aromatic nitrogens is 1. The number of amides is 4. The highest BCUT2D eigenvalue weighted by atomic mass is 35.5. The molecule has 2 heterocycles. The van der Waals surface area contributed by atoms with Gasteiger partial charge in [-0.15, -0.1) is 0 Å². The molecule has 2 aromatic carbocycles. The Labute approximate surface area is 225 Å². The molecule has 0 radical (unpaired) electrons. The number of pyridine rings is 1. The van der Waals surface area contributed by atoms with Gasteiger partial charge < -0.3 is 16.0 Å². The molecule has 4 rings (SSSR count). The molecule has 10 heteroatoms. The van der Waals surface area contributed by atoms with Crippen LogP contribution in [0.4, 0.5) is 16.3 Å². The van der Waals surface area contributed by atoms with E-state index in [1.807, 2.05) is 13.0 Å². The van der Waals surface area contributed by atoms with E-state index in [1.165, 1.54) is 4.90 Å². The molecule has 1 fully saturated rings. The maximum atomic E-state index is 13.7. The predicted molar refractivity (Wildman–Crippen MR) is 144 cm³/mol. The Bertz CT molecular complexity index is 1330. The van der Waals surface area contributed by atoms with Gasteiger partial charge >= 0.3 is 6.03 Å². The van der Waals surface area contributed by atoms with Gasteiger partial charge in [-0.05, 0) is 66.4 Å². The quantitative estimate of drug-likeness (QED) is 0.416. The predicted octanol–water partition coefficient (Wildman–Crippen LogP) is 4.86. The topological polar surface area (TPSA) is 109 Å². The molecule has 0 bridgehead atoms. The number of urea groups is 1.